The standard InChI is InChI=1S/C20H25N3/c1-3-13-21-18(5-1)15-22-17-9-7-16(8-10-17)20-12-11-19-6-2-4-14-23(19)20/h1,3,5,7-10,13,19-20,22H,2,4,6,11-12,14-15H2. The van der Waals surface area contributed by atoms with Gasteiger partial charge in [0.15, 0.2) is 0 Å². The van der Waals surface area contributed by atoms with Crippen LogP contribution in [0.2, 0.25) is 0 Å². The Labute approximate surface area is 138 Å². The third-order valence-corrected chi connectivity index (χ3v) is 5.34. The van der Waals surface area contributed by atoms with Gasteiger partial charge in [-0.15, -0.1) is 0 Å². The van der Waals surface area contributed by atoms with Crippen LogP contribution in [0, 0.1) is 0 Å². The molecule has 4 rings (SSSR count). The van der Waals surface area contributed by atoms with E-state index in [2.05, 4.69) is 45.5 Å². The molecule has 1 aromatic carbocycles. The summed E-state index contributed by atoms with van der Waals surface area (Å²) in [6, 6.07) is 16.6. The van der Waals surface area contributed by atoms with E-state index >= 15 is 0 Å². The van der Waals surface area contributed by atoms with E-state index in [1.807, 2.05) is 18.3 Å². The molecule has 2 aliphatic rings. The molecular formula is C20H25N3. The number of hydrogen-bond donors (Lipinski definition) is 1. The van der Waals surface area contributed by atoms with Gasteiger partial charge >= 0.3 is 0 Å². The van der Waals surface area contributed by atoms with Crippen LogP contribution in [0.5, 0.6) is 0 Å². The number of fused-ring (bicyclic) bond motifs is 1. The van der Waals surface area contributed by atoms with Crippen molar-refractivity contribution < 1.29 is 0 Å². The van der Waals surface area contributed by atoms with Crippen LogP contribution in [-0.2, 0) is 6.54 Å². The second-order valence-electron chi connectivity index (χ2n) is 6.78. The normalized spacial score (nSPS) is 24.3. The lowest BCUT2D eigenvalue weighted by Gasteiger charge is -2.34. The highest BCUT2D eigenvalue weighted by atomic mass is 15.2. The summed E-state index contributed by atoms with van der Waals surface area (Å²) in [5.74, 6) is 0. The molecule has 2 saturated heterocycles. The quantitative estimate of drug-likeness (QED) is 0.908. The van der Waals surface area contributed by atoms with Gasteiger partial charge in [0.25, 0.3) is 0 Å². The molecule has 3 heterocycles. The van der Waals surface area contributed by atoms with Crippen LogP contribution in [-0.4, -0.2) is 22.5 Å². The minimum Gasteiger partial charge on any atom is -0.379 e. The maximum atomic E-state index is 4.35. The first kappa shape index (κ1) is 14.7. The highest BCUT2D eigenvalue weighted by Crippen LogP contribution is 2.40. The zero-order valence-electron chi connectivity index (χ0n) is 13.6. The van der Waals surface area contributed by atoms with E-state index in [9.17, 15) is 0 Å². The fourth-order valence-electron chi connectivity index (χ4n) is 4.14. The summed E-state index contributed by atoms with van der Waals surface area (Å²) in [6.07, 6.45) is 8.74. The third kappa shape index (κ3) is 3.25. The Kier molecular flexibility index (Phi) is 4.29. The van der Waals surface area contributed by atoms with Crippen molar-refractivity contribution in [3.8, 4) is 0 Å². The van der Waals surface area contributed by atoms with Crippen molar-refractivity contribution in [2.75, 3.05) is 11.9 Å². The zero-order valence-corrected chi connectivity index (χ0v) is 13.6. The molecular weight excluding hydrogens is 282 g/mol. The third-order valence-electron chi connectivity index (χ3n) is 5.34. The monoisotopic (exact) mass is 307 g/mol. The van der Waals surface area contributed by atoms with Gasteiger partial charge in [-0.05, 0) is 62.1 Å². The molecule has 1 aromatic heterocycles. The average Bonchev–Trinajstić information content (AvgIpc) is 3.05. The Morgan fingerprint density at radius 3 is 2.74 bits per heavy atom. The van der Waals surface area contributed by atoms with Crippen LogP contribution >= 0.6 is 0 Å². The summed E-state index contributed by atoms with van der Waals surface area (Å²) < 4.78 is 0. The summed E-state index contributed by atoms with van der Waals surface area (Å²) >= 11 is 0. The number of piperidine rings is 1. The first-order valence-corrected chi connectivity index (χ1v) is 8.90. The molecule has 0 aliphatic carbocycles. The molecule has 0 saturated carbocycles. The van der Waals surface area contributed by atoms with Gasteiger partial charge in [0, 0.05) is 24.0 Å². The van der Waals surface area contributed by atoms with Gasteiger partial charge in [-0.25, -0.2) is 0 Å². The molecule has 2 unspecified atom stereocenters. The first-order chi connectivity index (χ1) is 11.4. The molecule has 120 valence electrons. The Morgan fingerprint density at radius 2 is 1.91 bits per heavy atom. The number of hydrogen-bond acceptors (Lipinski definition) is 3. The molecule has 2 fully saturated rings. The van der Waals surface area contributed by atoms with Gasteiger partial charge in [0.05, 0.1) is 12.2 Å². The summed E-state index contributed by atoms with van der Waals surface area (Å²) in [6.45, 7) is 2.06. The molecule has 2 aliphatic heterocycles. The lowest BCUT2D eigenvalue weighted by molar-refractivity contribution is 0.150. The largest absolute Gasteiger partial charge is 0.379 e. The van der Waals surface area contributed by atoms with Gasteiger partial charge < -0.3 is 5.32 Å². The molecule has 3 nitrogen and oxygen atoms in total. The summed E-state index contributed by atoms with van der Waals surface area (Å²) in [7, 11) is 0. The van der Waals surface area contributed by atoms with Crippen LogP contribution in [0.15, 0.2) is 48.7 Å². The number of nitrogens with zero attached hydrogens (tertiary/aromatic N) is 2. The van der Waals surface area contributed by atoms with Crippen molar-refractivity contribution in [1.29, 1.82) is 0 Å². The first-order valence-electron chi connectivity index (χ1n) is 8.90. The van der Waals surface area contributed by atoms with Crippen molar-refractivity contribution in [2.45, 2.75) is 50.7 Å². The van der Waals surface area contributed by atoms with Crippen LogP contribution in [0.3, 0.4) is 0 Å². The predicted octanol–water partition coefficient (Wildman–Crippen LogP) is 4.38. The van der Waals surface area contributed by atoms with E-state index in [0.29, 0.717) is 6.04 Å². The lowest BCUT2D eigenvalue weighted by Crippen LogP contribution is -2.35. The van der Waals surface area contributed by atoms with E-state index in [1.165, 1.54) is 49.9 Å². The number of pyridine rings is 1. The molecule has 1 N–H and O–H groups in total. The van der Waals surface area contributed by atoms with Gasteiger partial charge in [0.2, 0.25) is 0 Å². The second-order valence-corrected chi connectivity index (χ2v) is 6.78. The molecule has 23 heavy (non-hydrogen) atoms. The van der Waals surface area contributed by atoms with Crippen LogP contribution in [0.1, 0.15) is 49.4 Å². The van der Waals surface area contributed by atoms with Crippen molar-refractivity contribution in [3.05, 3.63) is 59.9 Å². The molecule has 3 heteroatoms. The van der Waals surface area contributed by atoms with Gasteiger partial charge in [-0.3, -0.25) is 9.88 Å². The number of anilines is 1. The molecule has 2 aromatic rings. The number of rotatable bonds is 4. The summed E-state index contributed by atoms with van der Waals surface area (Å²) in [5, 5.41) is 3.46. The van der Waals surface area contributed by atoms with Gasteiger partial charge in [0.1, 0.15) is 0 Å². The minimum atomic E-state index is 0.644. The summed E-state index contributed by atoms with van der Waals surface area (Å²) in [5.41, 5.74) is 3.73. The maximum absolute atomic E-state index is 4.35. The lowest BCUT2D eigenvalue weighted by atomic mass is 10.0. The van der Waals surface area contributed by atoms with E-state index in [-0.39, 0.29) is 0 Å². The zero-order chi connectivity index (χ0) is 15.5. The second kappa shape index (κ2) is 6.71. The number of nitrogens with one attached hydrogen (secondary N) is 1. The van der Waals surface area contributed by atoms with Crippen molar-refractivity contribution >= 4 is 5.69 Å². The van der Waals surface area contributed by atoms with Crippen LogP contribution in [0.4, 0.5) is 5.69 Å². The Balaban J connectivity index is 1.40. The molecule has 0 amide bonds. The minimum absolute atomic E-state index is 0.644. The Hall–Kier alpha value is -1.87. The van der Waals surface area contributed by atoms with E-state index < -0.39 is 0 Å². The predicted molar refractivity (Wildman–Crippen MR) is 94.3 cm³/mol. The fraction of sp³-hybridized carbons (Fsp3) is 0.450. The SMILES string of the molecule is c1ccc(CNc2ccc(C3CCC4CCCCN43)cc2)nc1. The van der Waals surface area contributed by atoms with Gasteiger partial charge in [-0.1, -0.05) is 24.6 Å². The van der Waals surface area contributed by atoms with Crippen LogP contribution in [0.25, 0.3) is 0 Å². The van der Waals surface area contributed by atoms with Crippen LogP contribution < -0.4 is 5.32 Å². The van der Waals surface area contributed by atoms with Crippen molar-refractivity contribution in [2.24, 2.45) is 0 Å². The Bertz CT molecular complexity index is 623. The smallest absolute Gasteiger partial charge is 0.0594 e. The summed E-state index contributed by atoms with van der Waals surface area (Å²) in [4.78, 5) is 7.10. The molecule has 0 spiro atoms. The van der Waals surface area contributed by atoms with E-state index in [0.717, 1.165) is 18.3 Å². The number of benzene rings is 1. The van der Waals surface area contributed by atoms with Gasteiger partial charge in [-0.2, -0.15) is 0 Å². The highest BCUT2D eigenvalue weighted by Gasteiger charge is 2.35. The Morgan fingerprint density at radius 1 is 1.00 bits per heavy atom. The number of aromatic nitrogens is 1. The molecule has 2 atom stereocenters. The van der Waals surface area contributed by atoms with E-state index in [1.54, 1.807) is 0 Å². The maximum Gasteiger partial charge on any atom is 0.0594 e. The molecule has 0 radical (unpaired) electrons. The van der Waals surface area contributed by atoms with E-state index in [4.69, 9.17) is 0 Å². The average molecular weight is 307 g/mol. The topological polar surface area (TPSA) is 28.2 Å². The molecule has 0 bridgehead atoms. The van der Waals surface area contributed by atoms with Crippen molar-refractivity contribution in [3.63, 3.8) is 0 Å². The fourth-order valence-corrected chi connectivity index (χ4v) is 4.14. The highest BCUT2D eigenvalue weighted by molar-refractivity contribution is 5.45. The van der Waals surface area contributed by atoms with Crippen molar-refractivity contribution in [1.82, 2.24) is 9.88 Å².